The average Bonchev–Trinajstić information content (AvgIpc) is 2.08. The molecule has 2 N–H and O–H groups in total. The number of nitrogens with zero attached hydrogens (tertiary/aromatic N) is 1. The third-order valence-electron chi connectivity index (χ3n) is 1.47. The minimum atomic E-state index is -4.91. The number of aromatic nitrogens is 1. The van der Waals surface area contributed by atoms with Crippen molar-refractivity contribution in [2.75, 3.05) is 5.73 Å². The first-order valence-electron chi connectivity index (χ1n) is 3.70. The first-order valence-corrected chi connectivity index (χ1v) is 4.07. The summed E-state index contributed by atoms with van der Waals surface area (Å²) in [5, 5.41) is -0.492. The lowest BCUT2D eigenvalue weighted by Crippen LogP contribution is -2.14. The summed E-state index contributed by atoms with van der Waals surface area (Å²) in [5.74, 6) is -1.82. The summed E-state index contributed by atoms with van der Waals surface area (Å²) < 4.78 is 64.3. The van der Waals surface area contributed by atoms with Crippen LogP contribution in [-0.2, 0) is 6.18 Å². The summed E-state index contributed by atoms with van der Waals surface area (Å²) in [4.78, 5) is 3.00. The summed E-state index contributed by atoms with van der Waals surface area (Å²) >= 11 is 5.30. The van der Waals surface area contributed by atoms with Crippen LogP contribution in [0.3, 0.4) is 0 Å². The van der Waals surface area contributed by atoms with Gasteiger partial charge in [-0.05, 0) is 6.07 Å². The van der Waals surface area contributed by atoms with Crippen LogP contribution in [0.1, 0.15) is 5.56 Å². The van der Waals surface area contributed by atoms with Crippen LogP contribution in [0.15, 0.2) is 6.07 Å². The Labute approximate surface area is 91.0 Å². The van der Waals surface area contributed by atoms with E-state index < -0.39 is 35.1 Å². The van der Waals surface area contributed by atoms with Crippen molar-refractivity contribution in [3.63, 3.8) is 0 Å². The first kappa shape index (κ1) is 12.8. The van der Waals surface area contributed by atoms with Gasteiger partial charge < -0.3 is 10.5 Å². The summed E-state index contributed by atoms with van der Waals surface area (Å²) in [5.41, 5.74) is 3.57. The number of nitrogens with two attached hydrogens (primary N) is 1. The van der Waals surface area contributed by atoms with E-state index in [4.69, 9.17) is 17.3 Å². The Hall–Kier alpha value is -1.31. The Bertz CT molecular complexity index is 395. The molecule has 90 valence electrons. The number of hydrogen-bond donors (Lipinski definition) is 1. The highest BCUT2D eigenvalue weighted by molar-refractivity contribution is 6.32. The largest absolute Gasteiger partial charge is 0.421 e. The van der Waals surface area contributed by atoms with Gasteiger partial charge in [0.05, 0.1) is 5.02 Å². The minimum Gasteiger partial charge on any atom is -0.416 e. The van der Waals surface area contributed by atoms with Gasteiger partial charge in [0.2, 0.25) is 5.88 Å². The van der Waals surface area contributed by atoms with Crippen molar-refractivity contribution < 1.29 is 26.7 Å². The lowest BCUT2D eigenvalue weighted by Gasteiger charge is -2.13. The molecule has 9 heteroatoms. The third kappa shape index (κ3) is 2.84. The van der Waals surface area contributed by atoms with Gasteiger partial charge in [0.15, 0.2) is 0 Å². The topological polar surface area (TPSA) is 48.1 Å². The number of halogens is 6. The Morgan fingerprint density at radius 1 is 1.38 bits per heavy atom. The van der Waals surface area contributed by atoms with Crippen LogP contribution in [0.25, 0.3) is 0 Å². The van der Waals surface area contributed by atoms with E-state index in [-0.39, 0.29) is 0 Å². The van der Waals surface area contributed by atoms with E-state index >= 15 is 0 Å². The van der Waals surface area contributed by atoms with E-state index in [1.807, 2.05) is 0 Å². The standard InChI is InChI=1S/C7H4ClF5N2O/c8-3-1-2(7(11,12)13)5(15-4(3)14)16-6(9)10/h1,6H,(H2,14,15). The van der Waals surface area contributed by atoms with E-state index in [1.54, 1.807) is 0 Å². The van der Waals surface area contributed by atoms with Crippen molar-refractivity contribution in [2.24, 2.45) is 0 Å². The fourth-order valence-corrected chi connectivity index (χ4v) is 1.01. The number of nitrogen functional groups attached to an aromatic ring is 1. The van der Waals surface area contributed by atoms with Gasteiger partial charge in [0, 0.05) is 0 Å². The number of alkyl halides is 5. The van der Waals surface area contributed by atoms with E-state index in [0.717, 1.165) is 0 Å². The smallest absolute Gasteiger partial charge is 0.416 e. The Morgan fingerprint density at radius 3 is 2.38 bits per heavy atom. The van der Waals surface area contributed by atoms with Crippen molar-refractivity contribution >= 4 is 17.4 Å². The third-order valence-corrected chi connectivity index (χ3v) is 1.78. The lowest BCUT2D eigenvalue weighted by molar-refractivity contribution is -0.142. The molecular formula is C7H4ClF5N2O. The molecule has 1 aromatic heterocycles. The average molecular weight is 263 g/mol. The van der Waals surface area contributed by atoms with Crippen LogP contribution in [0, 0.1) is 0 Å². The van der Waals surface area contributed by atoms with Crippen molar-refractivity contribution in [2.45, 2.75) is 12.8 Å². The molecule has 0 aliphatic carbocycles. The normalized spacial score (nSPS) is 11.9. The highest BCUT2D eigenvalue weighted by Gasteiger charge is 2.37. The Morgan fingerprint density at radius 2 is 1.94 bits per heavy atom. The second-order valence-electron chi connectivity index (χ2n) is 2.58. The molecule has 0 bridgehead atoms. The second kappa shape index (κ2) is 4.28. The second-order valence-corrected chi connectivity index (χ2v) is 2.99. The molecule has 0 saturated heterocycles. The summed E-state index contributed by atoms with van der Waals surface area (Å²) in [6, 6.07) is 0.377. The Kier molecular flexibility index (Phi) is 3.41. The fraction of sp³-hybridized carbons (Fsp3) is 0.286. The molecular weight excluding hydrogens is 259 g/mol. The van der Waals surface area contributed by atoms with Crippen molar-refractivity contribution in [1.82, 2.24) is 4.98 Å². The molecule has 0 atom stereocenters. The summed E-state index contributed by atoms with van der Waals surface area (Å²) in [7, 11) is 0. The van der Waals surface area contributed by atoms with Gasteiger partial charge in [-0.3, -0.25) is 0 Å². The molecule has 0 spiro atoms. The summed E-state index contributed by atoms with van der Waals surface area (Å²) in [6.07, 6.45) is -4.91. The van der Waals surface area contributed by atoms with Crippen LogP contribution < -0.4 is 10.5 Å². The summed E-state index contributed by atoms with van der Waals surface area (Å²) in [6.45, 7) is -3.44. The molecule has 3 nitrogen and oxygen atoms in total. The zero-order valence-corrected chi connectivity index (χ0v) is 8.11. The van der Waals surface area contributed by atoms with E-state index in [0.29, 0.717) is 6.07 Å². The van der Waals surface area contributed by atoms with Crippen molar-refractivity contribution in [3.05, 3.63) is 16.7 Å². The van der Waals surface area contributed by atoms with Crippen LogP contribution >= 0.6 is 11.6 Å². The van der Waals surface area contributed by atoms with Gasteiger partial charge in [0.25, 0.3) is 0 Å². The van der Waals surface area contributed by atoms with E-state index in [2.05, 4.69) is 9.72 Å². The molecule has 0 unspecified atom stereocenters. The number of hydrogen-bond acceptors (Lipinski definition) is 3. The monoisotopic (exact) mass is 262 g/mol. The maximum absolute atomic E-state index is 12.3. The maximum Gasteiger partial charge on any atom is 0.421 e. The van der Waals surface area contributed by atoms with Gasteiger partial charge in [-0.1, -0.05) is 11.6 Å². The highest BCUT2D eigenvalue weighted by atomic mass is 35.5. The molecule has 0 aliphatic rings. The molecule has 1 heterocycles. The molecule has 1 aromatic rings. The van der Waals surface area contributed by atoms with Crippen molar-refractivity contribution in [1.29, 1.82) is 0 Å². The molecule has 0 fully saturated rings. The van der Waals surface area contributed by atoms with Crippen LogP contribution in [0.4, 0.5) is 27.8 Å². The van der Waals surface area contributed by atoms with E-state index in [9.17, 15) is 22.0 Å². The van der Waals surface area contributed by atoms with Gasteiger partial charge in [-0.25, -0.2) is 0 Å². The molecule has 0 radical (unpaired) electrons. The van der Waals surface area contributed by atoms with Gasteiger partial charge in [0.1, 0.15) is 11.4 Å². The quantitative estimate of drug-likeness (QED) is 0.834. The van der Waals surface area contributed by atoms with Crippen LogP contribution in [0.5, 0.6) is 5.88 Å². The Balaban J connectivity index is 3.28. The highest BCUT2D eigenvalue weighted by Crippen LogP contribution is 2.38. The molecule has 0 amide bonds. The van der Waals surface area contributed by atoms with Crippen LogP contribution in [0.2, 0.25) is 5.02 Å². The molecule has 0 aliphatic heterocycles. The number of rotatable bonds is 2. The van der Waals surface area contributed by atoms with Gasteiger partial charge in [-0.15, -0.1) is 0 Å². The lowest BCUT2D eigenvalue weighted by atomic mass is 10.2. The first-order chi connectivity index (χ1) is 7.21. The zero-order valence-electron chi connectivity index (χ0n) is 7.36. The van der Waals surface area contributed by atoms with E-state index in [1.165, 1.54) is 0 Å². The number of anilines is 1. The molecule has 0 aromatic carbocycles. The number of ether oxygens (including phenoxy) is 1. The van der Waals surface area contributed by atoms with Crippen molar-refractivity contribution in [3.8, 4) is 5.88 Å². The van der Waals surface area contributed by atoms with Gasteiger partial charge >= 0.3 is 12.8 Å². The predicted octanol–water partition coefficient (Wildman–Crippen LogP) is 2.94. The molecule has 16 heavy (non-hydrogen) atoms. The SMILES string of the molecule is Nc1nc(OC(F)F)c(C(F)(F)F)cc1Cl. The fourth-order valence-electron chi connectivity index (χ4n) is 0.863. The molecule has 0 saturated carbocycles. The minimum absolute atomic E-state index is 0.377. The zero-order chi connectivity index (χ0) is 12.5. The number of pyridine rings is 1. The van der Waals surface area contributed by atoms with Crippen LogP contribution in [-0.4, -0.2) is 11.6 Å². The predicted molar refractivity (Wildman–Crippen MR) is 45.3 cm³/mol. The van der Waals surface area contributed by atoms with Gasteiger partial charge in [-0.2, -0.15) is 26.9 Å². The maximum atomic E-state index is 12.3. The molecule has 1 rings (SSSR count).